The molecule has 0 N–H and O–H groups in total. The van der Waals surface area contributed by atoms with Crippen LogP contribution in [0.1, 0.15) is 5.56 Å². The summed E-state index contributed by atoms with van der Waals surface area (Å²) in [5.41, 5.74) is 9.86. The highest BCUT2D eigenvalue weighted by Crippen LogP contribution is 2.44. The fraction of sp³-hybridized carbons (Fsp3) is 0. The third-order valence-corrected chi connectivity index (χ3v) is 9.72. The lowest BCUT2D eigenvalue weighted by Crippen LogP contribution is -1.95. The van der Waals surface area contributed by atoms with Gasteiger partial charge in [-0.15, -0.1) is 11.3 Å². The maximum absolute atomic E-state index is 10.0. The number of hydrogen-bond donors (Lipinski definition) is 0. The summed E-state index contributed by atoms with van der Waals surface area (Å²) < 4.78 is 8.79. The van der Waals surface area contributed by atoms with E-state index < -0.39 is 0 Å². The molecule has 0 saturated heterocycles. The van der Waals surface area contributed by atoms with E-state index in [1.54, 1.807) is 11.3 Å². The molecule has 0 spiro atoms. The van der Waals surface area contributed by atoms with E-state index in [9.17, 15) is 5.26 Å². The van der Waals surface area contributed by atoms with Crippen LogP contribution in [0.4, 0.5) is 0 Å². The number of benzene rings is 6. The summed E-state index contributed by atoms with van der Waals surface area (Å²) in [6.07, 6.45) is 0. The van der Waals surface area contributed by atoms with Crippen LogP contribution >= 0.6 is 11.3 Å². The zero-order valence-corrected chi connectivity index (χ0v) is 25.3. The zero-order valence-electron chi connectivity index (χ0n) is 24.4. The van der Waals surface area contributed by atoms with E-state index in [1.165, 1.54) is 0 Å². The Morgan fingerprint density at radius 3 is 2.13 bits per heavy atom. The molecule has 0 atom stereocenters. The molecule has 0 bridgehead atoms. The van der Waals surface area contributed by atoms with Crippen LogP contribution in [-0.4, -0.2) is 9.97 Å². The Hall–Kier alpha value is -6.09. The van der Waals surface area contributed by atoms with Gasteiger partial charge in [0.15, 0.2) is 5.82 Å². The molecule has 0 radical (unpaired) electrons. The molecular formula is C41H23N3OS. The minimum absolute atomic E-state index is 0.581. The molecule has 0 saturated carbocycles. The van der Waals surface area contributed by atoms with Crippen LogP contribution < -0.4 is 0 Å². The van der Waals surface area contributed by atoms with Gasteiger partial charge in [0.05, 0.1) is 27.5 Å². The fourth-order valence-electron chi connectivity index (χ4n) is 6.43. The van der Waals surface area contributed by atoms with Crippen molar-refractivity contribution in [3.8, 4) is 51.0 Å². The first-order valence-corrected chi connectivity index (χ1v) is 15.9. The van der Waals surface area contributed by atoms with Crippen molar-refractivity contribution in [2.45, 2.75) is 0 Å². The smallest absolute Gasteiger partial charge is 0.161 e. The summed E-state index contributed by atoms with van der Waals surface area (Å²) in [7, 11) is 0. The minimum Gasteiger partial charge on any atom is -0.455 e. The monoisotopic (exact) mass is 605 g/mol. The van der Waals surface area contributed by atoms with Gasteiger partial charge in [-0.05, 0) is 47.0 Å². The van der Waals surface area contributed by atoms with Gasteiger partial charge in [-0.25, -0.2) is 9.97 Å². The molecule has 3 aromatic heterocycles. The van der Waals surface area contributed by atoms with E-state index >= 15 is 0 Å². The van der Waals surface area contributed by atoms with E-state index in [1.807, 2.05) is 60.7 Å². The van der Waals surface area contributed by atoms with Crippen LogP contribution in [0.5, 0.6) is 0 Å². The fourth-order valence-corrected chi connectivity index (χ4v) is 7.57. The number of rotatable bonds is 4. The summed E-state index contributed by atoms with van der Waals surface area (Å²) in [5, 5.41) is 13.1. The second-order valence-electron chi connectivity index (χ2n) is 11.2. The summed E-state index contributed by atoms with van der Waals surface area (Å²) in [6, 6.07) is 49.7. The predicted molar refractivity (Wildman–Crippen MR) is 189 cm³/mol. The van der Waals surface area contributed by atoms with Gasteiger partial charge in [0, 0.05) is 37.5 Å². The molecule has 46 heavy (non-hydrogen) atoms. The van der Waals surface area contributed by atoms with Crippen LogP contribution in [0, 0.1) is 11.3 Å². The summed E-state index contributed by atoms with van der Waals surface area (Å²) in [6.45, 7) is 0. The van der Waals surface area contributed by atoms with Crippen molar-refractivity contribution in [1.29, 1.82) is 5.26 Å². The van der Waals surface area contributed by atoms with Gasteiger partial charge >= 0.3 is 0 Å². The number of furan rings is 1. The van der Waals surface area contributed by atoms with Crippen LogP contribution in [0.2, 0.25) is 0 Å². The van der Waals surface area contributed by atoms with Crippen molar-refractivity contribution < 1.29 is 4.42 Å². The number of nitriles is 1. The molecule has 0 aliphatic carbocycles. The lowest BCUT2D eigenvalue weighted by molar-refractivity contribution is 0.670. The first-order chi connectivity index (χ1) is 22.8. The summed E-state index contributed by atoms with van der Waals surface area (Å²) in [4.78, 5) is 10.5. The SMILES string of the molecule is N#Cc1ccccc1-c1nc(-c2cccc3oc4c(-c5ccccc5)cc(-c5ccccc5)cc4c23)nc2c1sc1ccccc12. The number of thiophene rings is 1. The van der Waals surface area contributed by atoms with Crippen molar-refractivity contribution in [1.82, 2.24) is 9.97 Å². The predicted octanol–water partition coefficient (Wildman–Crippen LogP) is 11.3. The van der Waals surface area contributed by atoms with E-state index in [0.29, 0.717) is 11.4 Å². The Bertz CT molecular complexity index is 2650. The number of nitrogens with zero attached hydrogens (tertiary/aromatic N) is 3. The van der Waals surface area contributed by atoms with Gasteiger partial charge in [-0.2, -0.15) is 5.26 Å². The van der Waals surface area contributed by atoms with Gasteiger partial charge < -0.3 is 4.42 Å². The lowest BCUT2D eigenvalue weighted by atomic mass is 9.95. The van der Waals surface area contributed by atoms with E-state index in [-0.39, 0.29) is 0 Å². The Balaban J connectivity index is 1.39. The maximum Gasteiger partial charge on any atom is 0.161 e. The zero-order chi connectivity index (χ0) is 30.6. The van der Waals surface area contributed by atoms with Crippen molar-refractivity contribution >= 4 is 53.6 Å². The number of hydrogen-bond acceptors (Lipinski definition) is 5. The molecular weight excluding hydrogens is 583 g/mol. The molecule has 5 heteroatoms. The van der Waals surface area contributed by atoms with Gasteiger partial charge in [0.25, 0.3) is 0 Å². The highest BCUT2D eigenvalue weighted by Gasteiger charge is 2.22. The van der Waals surface area contributed by atoms with Gasteiger partial charge in [0.1, 0.15) is 11.2 Å². The maximum atomic E-state index is 10.0. The van der Waals surface area contributed by atoms with E-state index in [0.717, 1.165) is 81.3 Å². The molecule has 0 aliphatic rings. The molecule has 214 valence electrons. The quantitative estimate of drug-likeness (QED) is 0.200. The third-order valence-electron chi connectivity index (χ3n) is 8.55. The average Bonchev–Trinajstić information content (AvgIpc) is 3.70. The summed E-state index contributed by atoms with van der Waals surface area (Å²) >= 11 is 1.66. The van der Waals surface area contributed by atoms with Crippen molar-refractivity contribution in [2.75, 3.05) is 0 Å². The second kappa shape index (κ2) is 10.5. The third kappa shape index (κ3) is 4.12. The van der Waals surface area contributed by atoms with Gasteiger partial charge in [-0.3, -0.25) is 0 Å². The first-order valence-electron chi connectivity index (χ1n) is 15.1. The van der Waals surface area contributed by atoms with Crippen molar-refractivity contribution in [3.63, 3.8) is 0 Å². The largest absolute Gasteiger partial charge is 0.455 e. The van der Waals surface area contributed by atoms with Crippen molar-refractivity contribution in [2.24, 2.45) is 0 Å². The average molecular weight is 606 g/mol. The number of aromatic nitrogens is 2. The molecule has 6 aromatic carbocycles. The molecule has 9 aromatic rings. The Morgan fingerprint density at radius 2 is 1.30 bits per heavy atom. The topological polar surface area (TPSA) is 62.7 Å². The lowest BCUT2D eigenvalue weighted by Gasteiger charge is -2.10. The standard InChI is InChI=1S/C41H23N3OS/c42-24-27-16-7-8-17-29(27)37-40-38(30-18-9-10-21-35(30)46-40)44-41(43-37)31-19-11-20-34-36(31)33-23-28(25-12-3-1-4-13-25)22-32(39(33)45-34)26-14-5-2-6-15-26/h1-23H. The highest BCUT2D eigenvalue weighted by atomic mass is 32.1. The highest BCUT2D eigenvalue weighted by molar-refractivity contribution is 7.26. The molecule has 0 amide bonds. The first kappa shape index (κ1) is 26.3. The Morgan fingerprint density at radius 1 is 0.587 bits per heavy atom. The molecule has 0 fully saturated rings. The Labute approximate surface area is 268 Å². The second-order valence-corrected chi connectivity index (χ2v) is 12.3. The molecule has 4 nitrogen and oxygen atoms in total. The van der Waals surface area contributed by atoms with Gasteiger partial charge in [-0.1, -0.05) is 109 Å². The normalized spacial score (nSPS) is 11.5. The van der Waals surface area contributed by atoms with Crippen LogP contribution in [-0.2, 0) is 0 Å². The molecule has 3 heterocycles. The molecule has 0 unspecified atom stereocenters. The van der Waals surface area contributed by atoms with E-state index in [4.69, 9.17) is 14.4 Å². The number of fused-ring (bicyclic) bond motifs is 6. The molecule has 9 rings (SSSR count). The minimum atomic E-state index is 0.581. The molecule has 0 aliphatic heterocycles. The van der Waals surface area contributed by atoms with Crippen LogP contribution in [0.15, 0.2) is 144 Å². The van der Waals surface area contributed by atoms with Crippen LogP contribution in [0.3, 0.4) is 0 Å². The summed E-state index contributed by atoms with van der Waals surface area (Å²) in [5.74, 6) is 0.596. The van der Waals surface area contributed by atoms with E-state index in [2.05, 4.69) is 84.9 Å². The van der Waals surface area contributed by atoms with Gasteiger partial charge in [0.2, 0.25) is 0 Å². The Kier molecular flexibility index (Phi) is 6.02. The van der Waals surface area contributed by atoms with Crippen molar-refractivity contribution in [3.05, 3.63) is 145 Å². The van der Waals surface area contributed by atoms with Crippen LogP contribution in [0.25, 0.3) is 87.1 Å².